The molecule has 7 heteroatoms. The number of nitrogens with one attached hydrogen (secondary N) is 1. The molecule has 1 saturated heterocycles. The van der Waals surface area contributed by atoms with E-state index in [0.29, 0.717) is 0 Å². The molecule has 0 spiro atoms. The van der Waals surface area contributed by atoms with E-state index >= 15 is 0 Å². The van der Waals surface area contributed by atoms with Crippen LogP contribution in [0.2, 0.25) is 0 Å². The number of ether oxygens (including phenoxy) is 1. The topological polar surface area (TPSA) is 47.0 Å². The van der Waals surface area contributed by atoms with Crippen LogP contribution in [0.25, 0.3) is 0 Å². The van der Waals surface area contributed by atoms with E-state index in [-0.39, 0.29) is 11.9 Å². The molecule has 0 bridgehead atoms. The SMILES string of the molecule is FC(F)(F)c1ncc(OC2CCNCC2)cn1. The molecule has 0 aliphatic carbocycles. The smallest absolute Gasteiger partial charge is 0.451 e. The molecule has 0 aromatic carbocycles. The Hall–Kier alpha value is -1.37. The van der Waals surface area contributed by atoms with Gasteiger partial charge in [0.05, 0.1) is 12.4 Å². The molecule has 0 radical (unpaired) electrons. The molecule has 0 saturated carbocycles. The highest BCUT2D eigenvalue weighted by molar-refractivity contribution is 5.13. The number of hydrogen-bond acceptors (Lipinski definition) is 4. The van der Waals surface area contributed by atoms with Gasteiger partial charge in [0, 0.05) is 0 Å². The number of halogens is 3. The van der Waals surface area contributed by atoms with Gasteiger partial charge >= 0.3 is 6.18 Å². The number of nitrogens with zero attached hydrogens (tertiary/aromatic N) is 2. The number of rotatable bonds is 2. The van der Waals surface area contributed by atoms with Gasteiger partial charge in [-0.25, -0.2) is 9.97 Å². The second-order valence-corrected chi connectivity index (χ2v) is 3.81. The van der Waals surface area contributed by atoms with Crippen LogP contribution in [0.15, 0.2) is 12.4 Å². The highest BCUT2D eigenvalue weighted by Gasteiger charge is 2.34. The van der Waals surface area contributed by atoms with E-state index in [1.165, 1.54) is 0 Å². The summed E-state index contributed by atoms with van der Waals surface area (Å²) < 4.78 is 42.1. The van der Waals surface area contributed by atoms with Crippen molar-refractivity contribution in [1.82, 2.24) is 15.3 Å². The minimum absolute atomic E-state index is 0.0246. The maximum Gasteiger partial charge on any atom is 0.451 e. The summed E-state index contributed by atoms with van der Waals surface area (Å²) in [5, 5.41) is 3.17. The Morgan fingerprint density at radius 3 is 2.29 bits per heavy atom. The summed E-state index contributed by atoms with van der Waals surface area (Å²) in [6.45, 7) is 1.71. The van der Waals surface area contributed by atoms with E-state index in [1.54, 1.807) is 0 Å². The first-order valence-corrected chi connectivity index (χ1v) is 5.32. The average Bonchev–Trinajstić information content (AvgIpc) is 2.30. The molecule has 1 aromatic rings. The lowest BCUT2D eigenvalue weighted by Crippen LogP contribution is -2.34. The Morgan fingerprint density at radius 1 is 1.18 bits per heavy atom. The van der Waals surface area contributed by atoms with Crippen molar-refractivity contribution in [1.29, 1.82) is 0 Å². The van der Waals surface area contributed by atoms with Gasteiger partial charge in [-0.2, -0.15) is 13.2 Å². The van der Waals surface area contributed by atoms with Crippen LogP contribution in [0.1, 0.15) is 18.7 Å². The van der Waals surface area contributed by atoms with E-state index in [9.17, 15) is 13.2 Å². The van der Waals surface area contributed by atoms with Crippen molar-refractivity contribution in [3.8, 4) is 5.75 Å². The zero-order valence-corrected chi connectivity index (χ0v) is 9.00. The molecular weight excluding hydrogens is 235 g/mol. The predicted octanol–water partition coefficient (Wildman–Crippen LogP) is 1.63. The monoisotopic (exact) mass is 247 g/mol. The Bertz CT molecular complexity index is 360. The third kappa shape index (κ3) is 3.29. The summed E-state index contributed by atoms with van der Waals surface area (Å²) in [5.74, 6) is -0.861. The molecule has 2 rings (SSSR count). The van der Waals surface area contributed by atoms with Crippen LogP contribution < -0.4 is 10.1 Å². The van der Waals surface area contributed by atoms with Gasteiger partial charge in [0.2, 0.25) is 5.82 Å². The highest BCUT2D eigenvalue weighted by atomic mass is 19.4. The third-order valence-electron chi connectivity index (χ3n) is 2.47. The minimum Gasteiger partial charge on any atom is -0.487 e. The Labute approximate surface area is 96.2 Å². The molecule has 0 atom stereocenters. The molecule has 1 aliphatic rings. The lowest BCUT2D eigenvalue weighted by molar-refractivity contribution is -0.145. The predicted molar refractivity (Wildman–Crippen MR) is 53.6 cm³/mol. The highest BCUT2D eigenvalue weighted by Crippen LogP contribution is 2.26. The van der Waals surface area contributed by atoms with Crippen LogP contribution >= 0.6 is 0 Å². The first-order valence-electron chi connectivity index (χ1n) is 5.32. The second kappa shape index (κ2) is 4.87. The van der Waals surface area contributed by atoms with Crippen molar-refractivity contribution in [3.05, 3.63) is 18.2 Å². The molecule has 4 nitrogen and oxygen atoms in total. The Kier molecular flexibility index (Phi) is 3.46. The summed E-state index contributed by atoms with van der Waals surface area (Å²) in [5.41, 5.74) is 0. The van der Waals surface area contributed by atoms with Crippen LogP contribution in [-0.4, -0.2) is 29.2 Å². The summed E-state index contributed by atoms with van der Waals surface area (Å²) in [4.78, 5) is 6.48. The lowest BCUT2D eigenvalue weighted by atomic mass is 10.1. The summed E-state index contributed by atoms with van der Waals surface area (Å²) in [6.07, 6.45) is -0.679. The maximum absolute atomic E-state index is 12.2. The number of hydrogen-bond donors (Lipinski definition) is 1. The molecule has 0 unspecified atom stereocenters. The van der Waals surface area contributed by atoms with Crippen LogP contribution in [-0.2, 0) is 6.18 Å². The van der Waals surface area contributed by atoms with E-state index in [4.69, 9.17) is 4.74 Å². The fraction of sp³-hybridized carbons (Fsp3) is 0.600. The fourth-order valence-electron chi connectivity index (χ4n) is 1.63. The average molecular weight is 247 g/mol. The fourth-order valence-corrected chi connectivity index (χ4v) is 1.63. The largest absolute Gasteiger partial charge is 0.487 e. The quantitative estimate of drug-likeness (QED) is 0.862. The molecule has 1 fully saturated rings. The van der Waals surface area contributed by atoms with Gasteiger partial charge in [-0.15, -0.1) is 0 Å². The number of alkyl halides is 3. The van der Waals surface area contributed by atoms with Crippen molar-refractivity contribution >= 4 is 0 Å². The van der Waals surface area contributed by atoms with Crippen molar-refractivity contribution < 1.29 is 17.9 Å². The first kappa shape index (κ1) is 12.1. The third-order valence-corrected chi connectivity index (χ3v) is 2.47. The van der Waals surface area contributed by atoms with Gasteiger partial charge < -0.3 is 10.1 Å². The first-order chi connectivity index (χ1) is 8.05. The van der Waals surface area contributed by atoms with E-state index in [1.807, 2.05) is 0 Å². The molecule has 1 aliphatic heterocycles. The Balaban J connectivity index is 1.98. The minimum atomic E-state index is -4.51. The second-order valence-electron chi connectivity index (χ2n) is 3.81. The lowest BCUT2D eigenvalue weighted by Gasteiger charge is -2.23. The van der Waals surface area contributed by atoms with Crippen LogP contribution in [0.3, 0.4) is 0 Å². The zero-order chi connectivity index (χ0) is 12.3. The van der Waals surface area contributed by atoms with Crippen molar-refractivity contribution in [3.63, 3.8) is 0 Å². The standard InChI is InChI=1S/C10H12F3N3O/c11-10(12,13)9-15-5-8(6-16-9)17-7-1-3-14-4-2-7/h5-7,14H,1-4H2. The summed E-state index contributed by atoms with van der Waals surface area (Å²) in [6, 6.07) is 0. The normalized spacial score (nSPS) is 18.1. The number of aromatic nitrogens is 2. The van der Waals surface area contributed by atoms with Crippen molar-refractivity contribution in [2.75, 3.05) is 13.1 Å². The van der Waals surface area contributed by atoms with Gasteiger partial charge in [0.15, 0.2) is 5.75 Å². The van der Waals surface area contributed by atoms with Crippen molar-refractivity contribution in [2.24, 2.45) is 0 Å². The van der Waals surface area contributed by atoms with Gasteiger partial charge in [-0.3, -0.25) is 0 Å². The van der Waals surface area contributed by atoms with Gasteiger partial charge in [0.25, 0.3) is 0 Å². The zero-order valence-electron chi connectivity index (χ0n) is 9.00. The van der Waals surface area contributed by atoms with E-state index < -0.39 is 12.0 Å². The van der Waals surface area contributed by atoms with Gasteiger partial charge in [-0.1, -0.05) is 0 Å². The van der Waals surface area contributed by atoms with Gasteiger partial charge in [0.1, 0.15) is 6.10 Å². The number of piperidine rings is 1. The molecule has 17 heavy (non-hydrogen) atoms. The summed E-state index contributed by atoms with van der Waals surface area (Å²) in [7, 11) is 0. The van der Waals surface area contributed by atoms with Crippen LogP contribution in [0.5, 0.6) is 5.75 Å². The van der Waals surface area contributed by atoms with Gasteiger partial charge in [-0.05, 0) is 25.9 Å². The molecule has 2 heterocycles. The molecule has 94 valence electrons. The van der Waals surface area contributed by atoms with Crippen molar-refractivity contribution in [2.45, 2.75) is 25.1 Å². The van der Waals surface area contributed by atoms with Crippen LogP contribution in [0, 0.1) is 0 Å². The molecule has 1 aromatic heterocycles. The van der Waals surface area contributed by atoms with Crippen LogP contribution in [0.4, 0.5) is 13.2 Å². The molecule has 0 amide bonds. The Morgan fingerprint density at radius 2 is 1.76 bits per heavy atom. The van der Waals surface area contributed by atoms with E-state index in [0.717, 1.165) is 38.3 Å². The van der Waals surface area contributed by atoms with E-state index in [2.05, 4.69) is 15.3 Å². The molecule has 1 N–H and O–H groups in total. The maximum atomic E-state index is 12.2. The summed E-state index contributed by atoms with van der Waals surface area (Å²) >= 11 is 0. The molecular formula is C10H12F3N3O.